The van der Waals surface area contributed by atoms with Gasteiger partial charge in [0.25, 0.3) is 5.56 Å². The van der Waals surface area contributed by atoms with Crippen molar-refractivity contribution in [2.75, 3.05) is 39.3 Å². The minimum atomic E-state index is -0.518. The van der Waals surface area contributed by atoms with Crippen LogP contribution >= 0.6 is 0 Å². The Balaban J connectivity index is 1.95. The van der Waals surface area contributed by atoms with E-state index < -0.39 is 11.2 Å². The van der Waals surface area contributed by atoms with Gasteiger partial charge in [-0.2, -0.15) is 4.98 Å². The van der Waals surface area contributed by atoms with Crippen LogP contribution in [0.4, 0.5) is 0 Å². The first-order chi connectivity index (χ1) is 12.0. The second-order valence-electron chi connectivity index (χ2n) is 5.60. The Morgan fingerprint density at radius 2 is 1.80 bits per heavy atom. The van der Waals surface area contributed by atoms with Crippen molar-refractivity contribution < 1.29 is 4.74 Å². The van der Waals surface area contributed by atoms with Crippen molar-refractivity contribution in [3.63, 3.8) is 0 Å². The van der Waals surface area contributed by atoms with Gasteiger partial charge in [0.1, 0.15) is 6.61 Å². The molecule has 0 fully saturated rings. The lowest BCUT2D eigenvalue weighted by Crippen LogP contribution is -2.38. The quantitative estimate of drug-likeness (QED) is 0.558. The summed E-state index contributed by atoms with van der Waals surface area (Å²) >= 11 is 0. The summed E-state index contributed by atoms with van der Waals surface area (Å²) < 4.78 is 7.66. The van der Waals surface area contributed by atoms with E-state index in [1.807, 2.05) is 0 Å². The van der Waals surface area contributed by atoms with Gasteiger partial charge in [-0.3, -0.25) is 13.9 Å². The lowest BCUT2D eigenvalue weighted by Gasteiger charge is -2.17. The van der Waals surface area contributed by atoms with Gasteiger partial charge < -0.3 is 15.0 Å². The molecule has 0 amide bonds. The van der Waals surface area contributed by atoms with E-state index in [4.69, 9.17) is 4.74 Å². The molecule has 0 saturated heterocycles. The van der Waals surface area contributed by atoms with E-state index in [-0.39, 0.29) is 17.2 Å². The predicted octanol–water partition coefficient (Wildman–Crippen LogP) is -1.27. The molecule has 0 aliphatic carbocycles. The largest absolute Gasteiger partial charge is 0.461 e. The highest BCUT2D eigenvalue weighted by Crippen LogP contribution is 2.04. The second kappa shape index (κ2) is 8.67. The van der Waals surface area contributed by atoms with Crippen molar-refractivity contribution in [1.82, 2.24) is 34.5 Å². The van der Waals surface area contributed by atoms with E-state index in [0.717, 1.165) is 30.7 Å². The van der Waals surface area contributed by atoms with Gasteiger partial charge >= 0.3 is 11.7 Å². The number of hydrogen-bond acceptors (Lipinski definition) is 8. The van der Waals surface area contributed by atoms with Gasteiger partial charge in [0.2, 0.25) is 0 Å². The summed E-state index contributed by atoms with van der Waals surface area (Å²) in [5.41, 5.74) is -0.795. The van der Waals surface area contributed by atoms with Crippen LogP contribution in [-0.2, 0) is 14.1 Å². The summed E-state index contributed by atoms with van der Waals surface area (Å²) in [6, 6.07) is 0.0220. The van der Waals surface area contributed by atoms with Crippen LogP contribution in [0.15, 0.2) is 9.59 Å². The fraction of sp³-hybridized carbons (Fsp3) is 0.667. The van der Waals surface area contributed by atoms with Gasteiger partial charge in [-0.25, -0.2) is 4.79 Å². The van der Waals surface area contributed by atoms with Gasteiger partial charge in [-0.05, 0) is 13.1 Å². The molecule has 0 spiro atoms. The number of likely N-dealkylation sites (N-methyl/N-ethyl adjacent to an activating group) is 1. The second-order valence-corrected chi connectivity index (χ2v) is 5.60. The average molecular weight is 351 g/mol. The van der Waals surface area contributed by atoms with Gasteiger partial charge in [-0.1, -0.05) is 18.9 Å². The zero-order valence-electron chi connectivity index (χ0n) is 15.2. The highest BCUT2D eigenvalue weighted by Gasteiger charge is 2.13. The first-order valence-electron chi connectivity index (χ1n) is 8.35. The maximum Gasteiger partial charge on any atom is 0.336 e. The molecule has 0 atom stereocenters. The van der Waals surface area contributed by atoms with Gasteiger partial charge in [0, 0.05) is 33.7 Å². The van der Waals surface area contributed by atoms with E-state index in [9.17, 15) is 9.59 Å². The monoisotopic (exact) mass is 351 g/mol. The van der Waals surface area contributed by atoms with Crippen molar-refractivity contribution in [3.8, 4) is 6.01 Å². The molecule has 25 heavy (non-hydrogen) atoms. The molecule has 2 aromatic rings. The van der Waals surface area contributed by atoms with E-state index in [0.29, 0.717) is 13.2 Å². The van der Waals surface area contributed by atoms with E-state index in [1.165, 1.54) is 18.7 Å². The number of nitrogens with zero attached hydrogens (tertiary/aromatic N) is 6. The molecule has 0 radical (unpaired) electrons. The highest BCUT2D eigenvalue weighted by atomic mass is 16.5. The molecule has 0 bridgehead atoms. The first kappa shape index (κ1) is 19.0. The smallest absolute Gasteiger partial charge is 0.336 e. The Bertz CT molecular complexity index is 826. The zero-order chi connectivity index (χ0) is 18.4. The molecule has 2 rings (SSSR count). The van der Waals surface area contributed by atoms with Gasteiger partial charge in [-0.15, -0.1) is 5.10 Å². The van der Waals surface area contributed by atoms with Crippen LogP contribution in [0.25, 0.3) is 11.2 Å². The maximum atomic E-state index is 12.1. The molecule has 138 valence electrons. The van der Waals surface area contributed by atoms with Crippen molar-refractivity contribution in [1.29, 1.82) is 0 Å². The van der Waals surface area contributed by atoms with Gasteiger partial charge in [0.05, 0.1) is 0 Å². The Morgan fingerprint density at radius 3 is 2.48 bits per heavy atom. The summed E-state index contributed by atoms with van der Waals surface area (Å²) in [5.74, 6) is 0. The molecule has 2 heterocycles. The number of hydrogen-bond donors (Lipinski definition) is 1. The molecular formula is C15H25N7O3. The van der Waals surface area contributed by atoms with E-state index >= 15 is 0 Å². The normalized spacial score (nSPS) is 11.4. The molecule has 0 saturated carbocycles. The Kier molecular flexibility index (Phi) is 6.59. The van der Waals surface area contributed by atoms with Crippen LogP contribution in [0.5, 0.6) is 6.01 Å². The fourth-order valence-electron chi connectivity index (χ4n) is 2.41. The van der Waals surface area contributed by atoms with Crippen LogP contribution in [0.2, 0.25) is 0 Å². The number of nitrogens with one attached hydrogen (secondary N) is 1. The van der Waals surface area contributed by atoms with Crippen molar-refractivity contribution >= 4 is 11.2 Å². The number of aryl methyl sites for hydroxylation is 1. The number of aromatic nitrogens is 5. The molecule has 1 N–H and O–H groups in total. The molecule has 2 aromatic heterocycles. The topological polar surface area (TPSA) is 107 Å². The fourth-order valence-corrected chi connectivity index (χ4v) is 2.41. The summed E-state index contributed by atoms with van der Waals surface area (Å²) in [6.45, 7) is 9.17. The van der Waals surface area contributed by atoms with Crippen LogP contribution < -0.4 is 21.3 Å². The molecular weight excluding hydrogens is 326 g/mol. The van der Waals surface area contributed by atoms with Crippen LogP contribution in [0, 0.1) is 0 Å². The minimum absolute atomic E-state index is 0.0220. The summed E-state index contributed by atoms with van der Waals surface area (Å²) in [6.07, 6.45) is 0. The summed E-state index contributed by atoms with van der Waals surface area (Å²) in [4.78, 5) is 30.4. The summed E-state index contributed by atoms with van der Waals surface area (Å²) in [5, 5.41) is 11.0. The molecule has 0 unspecified atom stereocenters. The number of fused-ring (bicyclic) bond motifs is 1. The maximum absolute atomic E-state index is 12.1. The Hall–Kier alpha value is -2.33. The standard InChI is InChI=1S/C15H25N7O3/c1-5-22(6-2)9-7-16-8-10-25-14-17-11-12(18-19-14)20(3)15(24)21(4)13(11)23/h16H,5-10H2,1-4H3. The van der Waals surface area contributed by atoms with Crippen molar-refractivity contribution in [2.45, 2.75) is 13.8 Å². The first-order valence-corrected chi connectivity index (χ1v) is 8.35. The molecule has 0 aromatic carbocycles. The zero-order valence-corrected chi connectivity index (χ0v) is 15.2. The SMILES string of the molecule is CCN(CC)CCNCCOc1nnc2c(n1)c(=O)n(C)c(=O)n2C. The van der Waals surface area contributed by atoms with Crippen molar-refractivity contribution in [2.24, 2.45) is 14.1 Å². The number of rotatable bonds is 9. The Labute approximate surface area is 145 Å². The Morgan fingerprint density at radius 1 is 1.08 bits per heavy atom. The minimum Gasteiger partial charge on any atom is -0.461 e. The number of ether oxygens (including phenoxy) is 1. The van der Waals surface area contributed by atoms with Crippen molar-refractivity contribution in [3.05, 3.63) is 20.8 Å². The average Bonchev–Trinajstić information content (AvgIpc) is 2.64. The van der Waals surface area contributed by atoms with Gasteiger partial charge in [0.15, 0.2) is 11.2 Å². The third-order valence-corrected chi connectivity index (χ3v) is 4.06. The molecule has 0 aliphatic heterocycles. The van der Waals surface area contributed by atoms with E-state index in [1.54, 1.807) is 0 Å². The molecule has 10 nitrogen and oxygen atoms in total. The van der Waals surface area contributed by atoms with Crippen LogP contribution in [-0.4, -0.2) is 68.5 Å². The predicted molar refractivity (Wildman–Crippen MR) is 94.0 cm³/mol. The molecule has 0 aliphatic rings. The van der Waals surface area contributed by atoms with E-state index in [2.05, 4.69) is 39.2 Å². The summed E-state index contributed by atoms with van der Waals surface area (Å²) in [7, 11) is 2.91. The lowest BCUT2D eigenvalue weighted by atomic mass is 10.4. The van der Waals surface area contributed by atoms with Crippen LogP contribution in [0.3, 0.4) is 0 Å². The van der Waals surface area contributed by atoms with Crippen LogP contribution in [0.1, 0.15) is 13.8 Å². The molecule has 10 heteroatoms. The third kappa shape index (κ3) is 4.40. The third-order valence-electron chi connectivity index (χ3n) is 4.06. The lowest BCUT2D eigenvalue weighted by molar-refractivity contribution is 0.273. The highest BCUT2D eigenvalue weighted by molar-refractivity contribution is 5.67.